The summed E-state index contributed by atoms with van der Waals surface area (Å²) in [6.07, 6.45) is -0.293. The fraction of sp³-hybridized carbons (Fsp3) is 0.706. The molecule has 5 unspecified atom stereocenters. The predicted molar refractivity (Wildman–Crippen MR) is 109 cm³/mol. The summed E-state index contributed by atoms with van der Waals surface area (Å²) in [5.41, 5.74) is 5.52. The maximum absolute atomic E-state index is 12.5. The molecular weight excluding hydrogens is 420 g/mol. The molecule has 0 aromatic heterocycles. The number of nitrogens with one attached hydrogen (secondary N) is 3. The fourth-order valence-electron chi connectivity index (χ4n) is 2.30. The second-order valence-electron chi connectivity index (χ2n) is 6.74. The van der Waals surface area contributed by atoms with E-state index in [1.165, 1.54) is 0 Å². The Morgan fingerprint density at radius 3 is 1.93 bits per heavy atom. The summed E-state index contributed by atoms with van der Waals surface area (Å²) in [5.74, 6) is -5.53. The Bertz CT molecular complexity index is 633. The minimum atomic E-state index is -1.51. The van der Waals surface area contributed by atoms with Gasteiger partial charge < -0.3 is 37.0 Å². The monoisotopic (exact) mass is 450 g/mol. The molecule has 0 spiro atoms. The lowest BCUT2D eigenvalue weighted by molar-refractivity contribution is -0.144. The molecule has 12 nitrogen and oxygen atoms in total. The average Bonchev–Trinajstić information content (AvgIpc) is 2.70. The summed E-state index contributed by atoms with van der Waals surface area (Å²) in [6, 6.07) is -5.13. The molecule has 0 aromatic rings. The zero-order valence-corrected chi connectivity index (χ0v) is 17.7. The molecule has 0 aliphatic carbocycles. The van der Waals surface area contributed by atoms with Crippen molar-refractivity contribution in [1.29, 1.82) is 0 Å². The molecule has 0 aliphatic rings. The number of amides is 3. The van der Waals surface area contributed by atoms with Gasteiger partial charge >= 0.3 is 11.9 Å². The van der Waals surface area contributed by atoms with Crippen LogP contribution in [0, 0.1) is 5.92 Å². The fourth-order valence-corrected chi connectivity index (χ4v) is 2.47. The Morgan fingerprint density at radius 1 is 0.967 bits per heavy atom. The highest BCUT2D eigenvalue weighted by Crippen LogP contribution is 2.08. The molecule has 0 saturated heterocycles. The van der Waals surface area contributed by atoms with E-state index in [-0.39, 0.29) is 12.2 Å². The van der Waals surface area contributed by atoms with Gasteiger partial charge in [-0.2, -0.15) is 12.6 Å². The molecule has 0 saturated carbocycles. The van der Waals surface area contributed by atoms with Gasteiger partial charge in [-0.05, 0) is 12.3 Å². The SMILES string of the molecule is CCC(C)C(NC(=O)C(CO)NC(=O)C(CCC(=O)O)NC(=O)C(N)CS)C(=O)O. The Kier molecular flexibility index (Phi) is 12.7. The quantitative estimate of drug-likeness (QED) is 0.133. The zero-order valence-electron chi connectivity index (χ0n) is 16.8. The summed E-state index contributed by atoms with van der Waals surface area (Å²) >= 11 is 3.87. The summed E-state index contributed by atoms with van der Waals surface area (Å²) in [7, 11) is 0. The van der Waals surface area contributed by atoms with Crippen LogP contribution >= 0.6 is 12.6 Å². The van der Waals surface area contributed by atoms with Crippen LogP contribution in [0.3, 0.4) is 0 Å². The Labute approximate surface area is 179 Å². The highest BCUT2D eigenvalue weighted by atomic mass is 32.1. The molecular formula is C17H30N4O8S. The number of thiol groups is 1. The van der Waals surface area contributed by atoms with E-state index in [4.69, 9.17) is 10.8 Å². The van der Waals surface area contributed by atoms with Gasteiger partial charge in [-0.1, -0.05) is 20.3 Å². The predicted octanol–water partition coefficient (Wildman–Crippen LogP) is -2.31. The third kappa shape index (κ3) is 9.41. The zero-order chi connectivity index (χ0) is 23.4. The van der Waals surface area contributed by atoms with Crippen LogP contribution in [0.25, 0.3) is 0 Å². The van der Waals surface area contributed by atoms with Gasteiger partial charge in [0.15, 0.2) is 0 Å². The molecule has 0 heterocycles. The van der Waals surface area contributed by atoms with Crippen LogP contribution in [0.5, 0.6) is 0 Å². The van der Waals surface area contributed by atoms with E-state index >= 15 is 0 Å². The smallest absolute Gasteiger partial charge is 0.326 e. The van der Waals surface area contributed by atoms with Gasteiger partial charge in [-0.25, -0.2) is 4.79 Å². The van der Waals surface area contributed by atoms with Crippen molar-refractivity contribution in [3.63, 3.8) is 0 Å². The van der Waals surface area contributed by atoms with Crippen LogP contribution in [-0.2, 0) is 24.0 Å². The van der Waals surface area contributed by atoms with E-state index in [9.17, 15) is 34.2 Å². The van der Waals surface area contributed by atoms with Crippen LogP contribution < -0.4 is 21.7 Å². The van der Waals surface area contributed by atoms with E-state index in [2.05, 4.69) is 28.6 Å². The number of rotatable bonds is 14. The number of hydrogen-bond acceptors (Lipinski definition) is 8. The summed E-state index contributed by atoms with van der Waals surface area (Å²) in [4.78, 5) is 59.0. The molecule has 0 rings (SSSR count). The van der Waals surface area contributed by atoms with Crippen LogP contribution in [0.2, 0.25) is 0 Å². The second kappa shape index (κ2) is 13.8. The third-order valence-electron chi connectivity index (χ3n) is 4.41. The first kappa shape index (κ1) is 27.6. The minimum absolute atomic E-state index is 0.0209. The summed E-state index contributed by atoms with van der Waals surface area (Å²) in [6.45, 7) is 2.51. The summed E-state index contributed by atoms with van der Waals surface area (Å²) in [5, 5.41) is 34.3. The Balaban J connectivity index is 5.28. The number of aliphatic carboxylic acids is 2. The van der Waals surface area contributed by atoms with Crippen molar-refractivity contribution in [3.05, 3.63) is 0 Å². The molecule has 172 valence electrons. The van der Waals surface area contributed by atoms with Crippen molar-refractivity contribution in [1.82, 2.24) is 16.0 Å². The van der Waals surface area contributed by atoms with Crippen LogP contribution in [-0.4, -0.2) is 81.5 Å². The number of carboxylic acids is 2. The van der Waals surface area contributed by atoms with Gasteiger partial charge in [0.1, 0.15) is 18.1 Å². The summed E-state index contributed by atoms with van der Waals surface area (Å²) < 4.78 is 0. The number of aliphatic hydroxyl groups excluding tert-OH is 1. The molecule has 0 radical (unpaired) electrons. The van der Waals surface area contributed by atoms with Gasteiger partial charge in [0.05, 0.1) is 12.6 Å². The number of nitrogens with two attached hydrogens (primary N) is 1. The highest BCUT2D eigenvalue weighted by molar-refractivity contribution is 7.80. The molecule has 30 heavy (non-hydrogen) atoms. The minimum Gasteiger partial charge on any atom is -0.481 e. The lowest BCUT2D eigenvalue weighted by Crippen LogP contribution is -2.58. The lowest BCUT2D eigenvalue weighted by atomic mass is 9.99. The lowest BCUT2D eigenvalue weighted by Gasteiger charge is -2.25. The Morgan fingerprint density at radius 2 is 1.50 bits per heavy atom. The van der Waals surface area contributed by atoms with Gasteiger partial charge in [0, 0.05) is 12.2 Å². The molecule has 0 fully saturated rings. The first-order chi connectivity index (χ1) is 14.0. The maximum Gasteiger partial charge on any atom is 0.326 e. The number of carbonyl (C=O) groups is 5. The van der Waals surface area contributed by atoms with Crippen molar-refractivity contribution >= 4 is 42.3 Å². The molecule has 0 aromatic carbocycles. The van der Waals surface area contributed by atoms with Gasteiger partial charge in [0.25, 0.3) is 0 Å². The van der Waals surface area contributed by atoms with E-state index in [1.54, 1.807) is 13.8 Å². The van der Waals surface area contributed by atoms with E-state index in [0.29, 0.717) is 6.42 Å². The average molecular weight is 451 g/mol. The number of carboxylic acid groups (broad SMARTS) is 2. The van der Waals surface area contributed by atoms with Crippen LogP contribution in [0.1, 0.15) is 33.1 Å². The second-order valence-corrected chi connectivity index (χ2v) is 7.10. The van der Waals surface area contributed by atoms with Crippen molar-refractivity contribution in [2.45, 2.75) is 57.3 Å². The van der Waals surface area contributed by atoms with E-state index in [0.717, 1.165) is 0 Å². The normalized spacial score (nSPS) is 15.8. The standard InChI is InChI=1S/C17H30N4O8S/c1-3-8(2)13(17(28)29)21-16(27)11(6-22)20-15(26)10(4-5-12(23)24)19-14(25)9(18)7-30/h8-11,13,22,30H,3-7,18H2,1-2H3,(H,19,25)(H,20,26)(H,21,27)(H,23,24)(H,28,29). The molecule has 8 N–H and O–H groups in total. The molecule has 0 aliphatic heterocycles. The third-order valence-corrected chi connectivity index (χ3v) is 4.80. The molecule has 0 bridgehead atoms. The number of hydrogen-bond donors (Lipinski definition) is 8. The highest BCUT2D eigenvalue weighted by Gasteiger charge is 2.31. The van der Waals surface area contributed by atoms with Crippen molar-refractivity contribution in [3.8, 4) is 0 Å². The topological polar surface area (TPSA) is 208 Å². The molecule has 3 amide bonds. The van der Waals surface area contributed by atoms with Gasteiger partial charge in [0.2, 0.25) is 17.7 Å². The van der Waals surface area contributed by atoms with Crippen LogP contribution in [0.4, 0.5) is 0 Å². The Hall–Kier alpha value is -2.38. The van der Waals surface area contributed by atoms with Gasteiger partial charge in [-0.15, -0.1) is 0 Å². The van der Waals surface area contributed by atoms with Crippen molar-refractivity contribution < 1.29 is 39.3 Å². The molecule has 13 heteroatoms. The number of carbonyl (C=O) groups excluding carboxylic acids is 3. The maximum atomic E-state index is 12.5. The van der Waals surface area contributed by atoms with E-state index < -0.39 is 72.8 Å². The van der Waals surface area contributed by atoms with Crippen molar-refractivity contribution in [2.75, 3.05) is 12.4 Å². The molecule has 5 atom stereocenters. The van der Waals surface area contributed by atoms with Crippen molar-refractivity contribution in [2.24, 2.45) is 11.7 Å². The van der Waals surface area contributed by atoms with E-state index in [1.807, 2.05) is 0 Å². The first-order valence-corrected chi connectivity index (χ1v) is 9.94. The number of aliphatic hydroxyl groups is 1. The van der Waals surface area contributed by atoms with Gasteiger partial charge in [-0.3, -0.25) is 19.2 Å². The largest absolute Gasteiger partial charge is 0.481 e. The first-order valence-electron chi connectivity index (χ1n) is 9.31. The van der Waals surface area contributed by atoms with Crippen LogP contribution in [0.15, 0.2) is 0 Å².